The molecule has 0 spiro atoms. The number of halogens is 3. The molecule has 0 bridgehead atoms. The van der Waals surface area contributed by atoms with Gasteiger partial charge in [0, 0.05) is 12.2 Å². The van der Waals surface area contributed by atoms with Gasteiger partial charge in [-0.3, -0.25) is 0 Å². The lowest BCUT2D eigenvalue weighted by atomic mass is 10.1. The molecule has 1 aromatic carbocycles. The molecule has 0 aliphatic heterocycles. The Labute approximate surface area is 124 Å². The molecule has 0 radical (unpaired) electrons. The Morgan fingerprint density at radius 1 is 1.14 bits per heavy atom. The van der Waals surface area contributed by atoms with E-state index >= 15 is 0 Å². The van der Waals surface area contributed by atoms with Gasteiger partial charge >= 0.3 is 6.18 Å². The highest BCUT2D eigenvalue weighted by Gasteiger charge is 2.35. The fourth-order valence-electron chi connectivity index (χ4n) is 2.33. The molecule has 0 saturated heterocycles. The summed E-state index contributed by atoms with van der Waals surface area (Å²) in [5.41, 5.74) is 0.342. The van der Waals surface area contributed by atoms with Crippen molar-refractivity contribution in [3.05, 3.63) is 54.0 Å². The van der Waals surface area contributed by atoms with Crippen molar-refractivity contribution in [3.8, 4) is 0 Å². The van der Waals surface area contributed by atoms with Crippen LogP contribution in [0.25, 0.3) is 11.0 Å². The van der Waals surface area contributed by atoms with Crippen LogP contribution in [0, 0.1) is 0 Å². The van der Waals surface area contributed by atoms with Crippen LogP contribution in [0.4, 0.5) is 19.0 Å². The Morgan fingerprint density at radius 2 is 1.86 bits per heavy atom. The Morgan fingerprint density at radius 3 is 2.55 bits per heavy atom. The van der Waals surface area contributed by atoms with Gasteiger partial charge in [-0.15, -0.1) is 0 Å². The molecule has 4 nitrogen and oxygen atoms in total. The summed E-state index contributed by atoms with van der Waals surface area (Å²) >= 11 is 0. The number of nitrogens with one attached hydrogen (secondary N) is 2. The molecule has 114 valence electrons. The zero-order valence-electron chi connectivity index (χ0n) is 11.6. The minimum absolute atomic E-state index is 0.0437. The third-order valence-electron chi connectivity index (χ3n) is 3.43. The van der Waals surface area contributed by atoms with Crippen LogP contribution in [-0.2, 0) is 6.18 Å². The van der Waals surface area contributed by atoms with Crippen LogP contribution in [0.1, 0.15) is 24.1 Å². The normalized spacial score (nSPS) is 13.3. The predicted octanol–water partition coefficient (Wildman–Crippen LogP) is 4.15. The van der Waals surface area contributed by atoms with Gasteiger partial charge in [0.1, 0.15) is 17.8 Å². The van der Waals surface area contributed by atoms with Gasteiger partial charge < -0.3 is 10.3 Å². The Bertz CT molecular complexity index is 780. The smallest absolute Gasteiger partial charge is 0.363 e. The Kier molecular flexibility index (Phi) is 3.48. The van der Waals surface area contributed by atoms with Crippen molar-refractivity contribution in [1.29, 1.82) is 0 Å². The molecule has 3 rings (SSSR count). The van der Waals surface area contributed by atoms with Crippen LogP contribution < -0.4 is 5.32 Å². The molecule has 2 heterocycles. The van der Waals surface area contributed by atoms with Crippen LogP contribution >= 0.6 is 0 Å². The summed E-state index contributed by atoms with van der Waals surface area (Å²) in [7, 11) is 0. The van der Waals surface area contributed by atoms with Crippen molar-refractivity contribution in [2.45, 2.75) is 19.1 Å². The van der Waals surface area contributed by atoms with Crippen molar-refractivity contribution in [1.82, 2.24) is 15.0 Å². The summed E-state index contributed by atoms with van der Waals surface area (Å²) in [4.78, 5) is 10.4. The first-order valence-electron chi connectivity index (χ1n) is 6.67. The molecule has 0 saturated carbocycles. The van der Waals surface area contributed by atoms with Crippen molar-refractivity contribution in [2.75, 3.05) is 5.32 Å². The lowest BCUT2D eigenvalue weighted by molar-refractivity contribution is -0.136. The number of hydrogen-bond donors (Lipinski definition) is 2. The fourth-order valence-corrected chi connectivity index (χ4v) is 2.33. The molecule has 7 heteroatoms. The van der Waals surface area contributed by atoms with E-state index in [2.05, 4.69) is 20.3 Å². The predicted molar refractivity (Wildman–Crippen MR) is 77.4 cm³/mol. The third-order valence-corrected chi connectivity index (χ3v) is 3.43. The van der Waals surface area contributed by atoms with E-state index in [1.54, 1.807) is 0 Å². The number of aromatic nitrogens is 3. The van der Waals surface area contributed by atoms with E-state index in [4.69, 9.17) is 0 Å². The summed E-state index contributed by atoms with van der Waals surface area (Å²) < 4.78 is 39.3. The topological polar surface area (TPSA) is 53.6 Å². The van der Waals surface area contributed by atoms with Crippen LogP contribution in [0.15, 0.2) is 42.9 Å². The number of hydrogen-bond acceptors (Lipinski definition) is 3. The molecule has 2 N–H and O–H groups in total. The lowest BCUT2D eigenvalue weighted by Gasteiger charge is -2.16. The van der Waals surface area contributed by atoms with E-state index in [1.807, 2.05) is 37.3 Å². The zero-order valence-corrected chi connectivity index (χ0v) is 11.6. The molecular weight excluding hydrogens is 293 g/mol. The van der Waals surface area contributed by atoms with E-state index in [1.165, 1.54) is 6.33 Å². The maximum Gasteiger partial charge on any atom is 0.418 e. The highest BCUT2D eigenvalue weighted by Crippen LogP contribution is 2.37. The van der Waals surface area contributed by atoms with Gasteiger partial charge in [-0.2, -0.15) is 13.2 Å². The molecule has 0 aliphatic carbocycles. The van der Waals surface area contributed by atoms with Crippen LogP contribution in [0.2, 0.25) is 0 Å². The number of rotatable bonds is 3. The number of fused-ring (bicyclic) bond motifs is 1. The quantitative estimate of drug-likeness (QED) is 0.764. The first-order valence-corrected chi connectivity index (χ1v) is 6.67. The number of benzene rings is 1. The largest absolute Gasteiger partial charge is 0.418 e. The molecule has 22 heavy (non-hydrogen) atoms. The fraction of sp³-hybridized carbons (Fsp3) is 0.200. The first-order chi connectivity index (χ1) is 10.5. The van der Waals surface area contributed by atoms with E-state index in [-0.39, 0.29) is 22.9 Å². The number of aromatic amines is 1. The zero-order chi connectivity index (χ0) is 15.7. The molecule has 0 unspecified atom stereocenters. The summed E-state index contributed by atoms with van der Waals surface area (Å²) in [5, 5.41) is 2.98. The maximum absolute atomic E-state index is 13.1. The van der Waals surface area contributed by atoms with Crippen molar-refractivity contribution >= 4 is 16.9 Å². The van der Waals surface area contributed by atoms with Gasteiger partial charge in [0.15, 0.2) is 0 Å². The van der Waals surface area contributed by atoms with Gasteiger partial charge in [0.05, 0.1) is 10.9 Å². The lowest BCUT2D eigenvalue weighted by Crippen LogP contribution is -2.10. The standard InChI is InChI=1S/C15H13F3N4/c1-9(10-5-3-2-4-6-10)22-14-12-11(15(16,17)18)7-19-13(12)20-8-21-14/h2-9H,1H3,(H2,19,20,21,22)/t9-/m0/s1. The van der Waals surface area contributed by atoms with E-state index in [9.17, 15) is 13.2 Å². The number of anilines is 1. The highest BCUT2D eigenvalue weighted by atomic mass is 19.4. The Hall–Kier alpha value is -2.57. The molecule has 0 amide bonds. The van der Waals surface area contributed by atoms with Gasteiger partial charge in [0.25, 0.3) is 0 Å². The maximum atomic E-state index is 13.1. The third kappa shape index (κ3) is 2.61. The van der Waals surface area contributed by atoms with Gasteiger partial charge in [-0.25, -0.2) is 9.97 Å². The average Bonchev–Trinajstić information content (AvgIpc) is 2.93. The summed E-state index contributed by atoms with van der Waals surface area (Å²) in [5.74, 6) is 0.162. The van der Waals surface area contributed by atoms with Crippen molar-refractivity contribution < 1.29 is 13.2 Å². The van der Waals surface area contributed by atoms with Crippen LogP contribution in [0.3, 0.4) is 0 Å². The van der Waals surface area contributed by atoms with Crippen LogP contribution in [-0.4, -0.2) is 15.0 Å². The molecule has 0 fully saturated rings. The highest BCUT2D eigenvalue weighted by molar-refractivity contribution is 5.90. The monoisotopic (exact) mass is 306 g/mol. The van der Waals surface area contributed by atoms with E-state index < -0.39 is 11.7 Å². The summed E-state index contributed by atoms with van der Waals surface area (Å²) in [6, 6.07) is 9.25. The molecular formula is C15H13F3N4. The SMILES string of the molecule is C[C@H](Nc1ncnc2[nH]cc(C(F)(F)F)c12)c1ccccc1. The number of H-pyrrole nitrogens is 1. The Balaban J connectivity index is 2.02. The van der Waals surface area contributed by atoms with E-state index in [0.717, 1.165) is 11.8 Å². The van der Waals surface area contributed by atoms with Gasteiger partial charge in [-0.05, 0) is 12.5 Å². The second-order valence-electron chi connectivity index (χ2n) is 4.92. The number of nitrogens with zero attached hydrogens (tertiary/aromatic N) is 2. The van der Waals surface area contributed by atoms with E-state index in [0.29, 0.717) is 0 Å². The molecule has 2 aromatic heterocycles. The second kappa shape index (κ2) is 5.32. The average molecular weight is 306 g/mol. The molecule has 0 aliphatic rings. The molecule has 1 atom stereocenters. The van der Waals surface area contributed by atoms with Gasteiger partial charge in [-0.1, -0.05) is 30.3 Å². The molecule has 3 aromatic rings. The first kappa shape index (κ1) is 14.4. The van der Waals surface area contributed by atoms with Crippen molar-refractivity contribution in [2.24, 2.45) is 0 Å². The van der Waals surface area contributed by atoms with Crippen LogP contribution in [0.5, 0.6) is 0 Å². The summed E-state index contributed by atoms with van der Waals surface area (Å²) in [6.07, 6.45) is -2.31. The summed E-state index contributed by atoms with van der Waals surface area (Å²) in [6.45, 7) is 1.86. The minimum Gasteiger partial charge on any atom is -0.363 e. The minimum atomic E-state index is -4.46. The number of alkyl halides is 3. The van der Waals surface area contributed by atoms with Gasteiger partial charge in [0.2, 0.25) is 0 Å². The second-order valence-corrected chi connectivity index (χ2v) is 4.92. The van der Waals surface area contributed by atoms with Crippen molar-refractivity contribution in [3.63, 3.8) is 0 Å².